The summed E-state index contributed by atoms with van der Waals surface area (Å²) in [7, 11) is 0. The highest BCUT2D eigenvalue weighted by Gasteiger charge is 2.43. The molecule has 0 bridgehead atoms. The number of amides is 2. The summed E-state index contributed by atoms with van der Waals surface area (Å²) in [6, 6.07) is 10.6. The van der Waals surface area contributed by atoms with Gasteiger partial charge in [0.05, 0.1) is 11.8 Å². The smallest absolute Gasteiger partial charge is 0.243 e. The number of rotatable bonds is 6. The summed E-state index contributed by atoms with van der Waals surface area (Å²) in [5, 5.41) is 16.9. The zero-order valence-electron chi connectivity index (χ0n) is 16.5. The summed E-state index contributed by atoms with van der Waals surface area (Å²) in [5.74, 6) is -0.573. The van der Waals surface area contributed by atoms with E-state index in [9.17, 15) is 14.7 Å². The van der Waals surface area contributed by atoms with Gasteiger partial charge in [-0.25, -0.2) is 0 Å². The van der Waals surface area contributed by atoms with Crippen LogP contribution in [0, 0.1) is 12.8 Å². The highest BCUT2D eigenvalue weighted by Crippen LogP contribution is 2.31. The number of aromatic nitrogens is 1. The molecule has 1 aliphatic heterocycles. The SMILES string of the molecule is Cc1cc([C@H](C(=O)N2C[C@H](O)C[C@H]2C(=O)NCc2ccccc2)C(C)C)on1. The van der Waals surface area contributed by atoms with Gasteiger partial charge in [-0.3, -0.25) is 9.59 Å². The number of benzene rings is 1. The maximum absolute atomic E-state index is 13.3. The first kappa shape index (κ1) is 20.1. The van der Waals surface area contributed by atoms with Crippen molar-refractivity contribution in [1.29, 1.82) is 0 Å². The molecule has 0 aliphatic carbocycles. The number of aliphatic hydroxyl groups excluding tert-OH is 1. The Kier molecular flexibility index (Phi) is 6.14. The minimum Gasteiger partial charge on any atom is -0.391 e. The Morgan fingerprint density at radius 3 is 2.64 bits per heavy atom. The van der Waals surface area contributed by atoms with Crippen molar-refractivity contribution in [2.45, 2.75) is 51.8 Å². The van der Waals surface area contributed by atoms with Crippen LogP contribution in [-0.2, 0) is 16.1 Å². The summed E-state index contributed by atoms with van der Waals surface area (Å²) in [5.41, 5.74) is 1.68. The van der Waals surface area contributed by atoms with Gasteiger partial charge in [-0.05, 0) is 18.4 Å². The van der Waals surface area contributed by atoms with Crippen LogP contribution in [0.2, 0.25) is 0 Å². The second-order valence-corrected chi connectivity index (χ2v) is 7.69. The highest BCUT2D eigenvalue weighted by atomic mass is 16.5. The molecule has 0 radical (unpaired) electrons. The topological polar surface area (TPSA) is 95.7 Å². The molecule has 1 fully saturated rings. The summed E-state index contributed by atoms with van der Waals surface area (Å²) >= 11 is 0. The normalized spacial score (nSPS) is 20.4. The molecule has 28 heavy (non-hydrogen) atoms. The number of nitrogens with one attached hydrogen (secondary N) is 1. The Morgan fingerprint density at radius 2 is 2.04 bits per heavy atom. The average molecular weight is 385 g/mol. The number of β-amino-alcohol motifs (C(OH)–C–C–N with tert-alkyl or cyclic N) is 1. The van der Waals surface area contributed by atoms with Crippen molar-refractivity contribution in [2.75, 3.05) is 6.54 Å². The molecule has 3 atom stereocenters. The maximum Gasteiger partial charge on any atom is 0.243 e. The van der Waals surface area contributed by atoms with Crippen LogP contribution in [0.4, 0.5) is 0 Å². The summed E-state index contributed by atoms with van der Waals surface area (Å²) < 4.78 is 5.34. The Bertz CT molecular complexity index is 818. The fourth-order valence-corrected chi connectivity index (χ4v) is 3.65. The third-order valence-electron chi connectivity index (χ3n) is 5.06. The Hall–Kier alpha value is -2.67. The molecule has 150 valence electrons. The van der Waals surface area contributed by atoms with Crippen molar-refractivity contribution in [2.24, 2.45) is 5.92 Å². The van der Waals surface area contributed by atoms with Gasteiger partial charge < -0.3 is 19.8 Å². The quantitative estimate of drug-likeness (QED) is 0.793. The van der Waals surface area contributed by atoms with Crippen LogP contribution in [0.5, 0.6) is 0 Å². The first-order valence-corrected chi connectivity index (χ1v) is 9.60. The predicted molar refractivity (Wildman–Crippen MR) is 103 cm³/mol. The van der Waals surface area contributed by atoms with Crippen LogP contribution in [0.1, 0.15) is 43.2 Å². The zero-order chi connectivity index (χ0) is 20.3. The van der Waals surface area contributed by atoms with Crippen LogP contribution in [-0.4, -0.2) is 45.7 Å². The van der Waals surface area contributed by atoms with Gasteiger partial charge in [-0.1, -0.05) is 49.3 Å². The van der Waals surface area contributed by atoms with Gasteiger partial charge in [-0.15, -0.1) is 0 Å². The first-order chi connectivity index (χ1) is 13.4. The van der Waals surface area contributed by atoms with Crippen molar-refractivity contribution in [3.8, 4) is 0 Å². The molecule has 7 nitrogen and oxygen atoms in total. The van der Waals surface area contributed by atoms with Crippen LogP contribution in [0.25, 0.3) is 0 Å². The summed E-state index contributed by atoms with van der Waals surface area (Å²) in [6.07, 6.45) is -0.493. The van der Waals surface area contributed by atoms with E-state index in [4.69, 9.17) is 4.52 Å². The van der Waals surface area contributed by atoms with Gasteiger partial charge in [0.25, 0.3) is 0 Å². The molecular weight excluding hydrogens is 358 g/mol. The number of carbonyl (C=O) groups excluding carboxylic acids is 2. The van der Waals surface area contributed by atoms with E-state index in [-0.39, 0.29) is 30.7 Å². The minimum absolute atomic E-state index is 0.0365. The lowest BCUT2D eigenvalue weighted by Crippen LogP contribution is -2.48. The number of likely N-dealkylation sites (tertiary alicyclic amines) is 1. The number of hydrogen-bond donors (Lipinski definition) is 2. The summed E-state index contributed by atoms with van der Waals surface area (Å²) in [6.45, 7) is 6.17. The fraction of sp³-hybridized carbons (Fsp3) is 0.476. The van der Waals surface area contributed by atoms with E-state index in [2.05, 4.69) is 10.5 Å². The number of hydrogen-bond acceptors (Lipinski definition) is 5. The van der Waals surface area contributed by atoms with Gasteiger partial charge in [0.2, 0.25) is 11.8 Å². The van der Waals surface area contributed by atoms with Crippen LogP contribution < -0.4 is 5.32 Å². The third-order valence-corrected chi connectivity index (χ3v) is 5.06. The summed E-state index contributed by atoms with van der Waals surface area (Å²) in [4.78, 5) is 27.5. The van der Waals surface area contributed by atoms with E-state index in [1.165, 1.54) is 4.90 Å². The zero-order valence-corrected chi connectivity index (χ0v) is 16.5. The Morgan fingerprint density at radius 1 is 1.32 bits per heavy atom. The Labute approximate surface area is 164 Å². The molecule has 2 heterocycles. The van der Waals surface area contributed by atoms with Gasteiger partial charge in [-0.2, -0.15) is 0 Å². The predicted octanol–water partition coefficient (Wildman–Crippen LogP) is 2.00. The fourth-order valence-electron chi connectivity index (χ4n) is 3.65. The number of nitrogens with zero attached hydrogens (tertiary/aromatic N) is 2. The van der Waals surface area contributed by atoms with E-state index in [0.29, 0.717) is 18.0 Å². The molecule has 0 unspecified atom stereocenters. The maximum atomic E-state index is 13.3. The lowest BCUT2D eigenvalue weighted by Gasteiger charge is -2.28. The third kappa shape index (κ3) is 4.42. The lowest BCUT2D eigenvalue weighted by atomic mass is 9.91. The van der Waals surface area contributed by atoms with Crippen LogP contribution in [0.15, 0.2) is 40.9 Å². The highest BCUT2D eigenvalue weighted by molar-refractivity contribution is 5.91. The van der Waals surface area contributed by atoms with Crippen LogP contribution >= 0.6 is 0 Å². The van der Waals surface area contributed by atoms with E-state index < -0.39 is 18.1 Å². The first-order valence-electron chi connectivity index (χ1n) is 9.60. The molecular formula is C21H27N3O4. The monoisotopic (exact) mass is 385 g/mol. The lowest BCUT2D eigenvalue weighted by molar-refractivity contribution is -0.141. The van der Waals surface area contributed by atoms with E-state index >= 15 is 0 Å². The van der Waals surface area contributed by atoms with Crippen molar-refractivity contribution < 1.29 is 19.2 Å². The molecule has 1 aromatic carbocycles. The molecule has 0 saturated carbocycles. The average Bonchev–Trinajstić information content (AvgIpc) is 3.26. The van der Waals surface area contributed by atoms with Gasteiger partial charge >= 0.3 is 0 Å². The van der Waals surface area contributed by atoms with Gasteiger partial charge in [0.1, 0.15) is 17.7 Å². The molecule has 3 rings (SSSR count). The van der Waals surface area contributed by atoms with Crippen molar-refractivity contribution in [3.05, 3.63) is 53.4 Å². The molecule has 2 aromatic rings. The molecule has 2 N–H and O–H groups in total. The van der Waals surface area contributed by atoms with Crippen molar-refractivity contribution in [3.63, 3.8) is 0 Å². The van der Waals surface area contributed by atoms with Gasteiger partial charge in [0.15, 0.2) is 0 Å². The van der Waals surface area contributed by atoms with E-state index in [1.807, 2.05) is 44.2 Å². The Balaban J connectivity index is 1.74. The molecule has 1 saturated heterocycles. The van der Waals surface area contributed by atoms with Crippen molar-refractivity contribution >= 4 is 11.8 Å². The molecule has 0 spiro atoms. The number of carbonyl (C=O) groups is 2. The minimum atomic E-state index is -0.722. The molecule has 7 heteroatoms. The standard InChI is InChI=1S/C21H27N3O4/c1-13(2)19(18-9-14(3)23-28-18)21(27)24-12-16(25)10-17(24)20(26)22-11-15-7-5-4-6-8-15/h4-9,13,16-17,19,25H,10-12H2,1-3H3,(H,22,26)/t16-,17+,19-/m1/s1. The molecule has 1 aromatic heterocycles. The van der Waals surface area contributed by atoms with E-state index in [0.717, 1.165) is 5.56 Å². The number of aliphatic hydroxyl groups is 1. The van der Waals surface area contributed by atoms with Gasteiger partial charge in [0, 0.05) is 25.6 Å². The largest absolute Gasteiger partial charge is 0.391 e. The number of aryl methyl sites for hydroxylation is 1. The van der Waals surface area contributed by atoms with Crippen LogP contribution in [0.3, 0.4) is 0 Å². The van der Waals surface area contributed by atoms with Crippen molar-refractivity contribution in [1.82, 2.24) is 15.4 Å². The second-order valence-electron chi connectivity index (χ2n) is 7.69. The second kappa shape index (κ2) is 8.56. The van der Waals surface area contributed by atoms with E-state index in [1.54, 1.807) is 13.0 Å². The molecule has 1 aliphatic rings. The molecule has 2 amide bonds.